The van der Waals surface area contributed by atoms with E-state index in [1.807, 2.05) is 0 Å². The third kappa shape index (κ3) is 8.79. The summed E-state index contributed by atoms with van der Waals surface area (Å²) >= 11 is 0. The Morgan fingerprint density at radius 2 is 1.27 bits per heavy atom. The molecule has 456 valence electrons. The van der Waals surface area contributed by atoms with Crippen LogP contribution in [0, 0.1) is 29.6 Å². The second kappa shape index (κ2) is 20.1. The number of ether oxygens (including phenoxy) is 16. The predicted octanol–water partition coefficient (Wildman–Crippen LogP) is 3.48. The molecule has 82 heavy (non-hydrogen) atoms. The summed E-state index contributed by atoms with van der Waals surface area (Å²) in [5.41, 5.74) is 2.01. The molecule has 0 radical (unpaired) electrons. The van der Waals surface area contributed by atoms with Crippen molar-refractivity contribution in [3.8, 4) is 0 Å². The lowest BCUT2D eigenvalue weighted by Gasteiger charge is -2.54. The Hall–Kier alpha value is -1.81. The van der Waals surface area contributed by atoms with Crippen LogP contribution < -0.4 is 0 Å². The maximum absolute atomic E-state index is 14.6. The monoisotopic (exact) mass is 1150 g/mol. The number of aliphatic hydroxyl groups excluding tert-OH is 3. The molecule has 3 spiro atoms. The highest BCUT2D eigenvalue weighted by molar-refractivity contribution is 5.70. The predicted molar refractivity (Wildman–Crippen MR) is 279 cm³/mol. The van der Waals surface area contributed by atoms with Crippen molar-refractivity contribution in [3.05, 3.63) is 24.3 Å². The van der Waals surface area contributed by atoms with Crippen molar-refractivity contribution < 1.29 is 101 Å². The Balaban J connectivity index is 0.633. The van der Waals surface area contributed by atoms with Gasteiger partial charge in [-0.3, -0.25) is 4.79 Å². The van der Waals surface area contributed by atoms with Crippen LogP contribution in [0.1, 0.15) is 130 Å². The van der Waals surface area contributed by atoms with E-state index in [4.69, 9.17) is 75.8 Å². The fourth-order valence-corrected chi connectivity index (χ4v) is 19.0. The number of aliphatic hydroxyl groups is 4. The standard InChI is InChI=1S/C61H86O21/c1-25-13-31-7-9-36-26(2)14-33(68-36)11-12-60-57(65)61(66)56(82-60)55-54(81-61)53(80-60)52-37(72-55)10-8-32(70-52)15-46(64)74-50-30(6)49-42(71-41(50)16-38(69-31)29(25)5)17-39-44(73-49)21-59(76-39)22-45-48(79-59)28(4)20-58(78-45)19-27(3)47-43(77-58)18-40-51(75-47)34(24-67-40)35(63)23-62/h25,27-28,30-45,47-57,62-63,65-66H,2,5,7-24H2,1,3-4,6H3/t25-,27+,28+,30+,31+,32-,33+,34-,35+,36+,37+,38-,39-,40-,41+,42+,43+,44-,45+,47+,48+,49+,50-,51-,52+,53+,54?,55?,56?,57+,58-,59+,60-,61-/m1/s1. The van der Waals surface area contributed by atoms with E-state index in [0.29, 0.717) is 83.7 Å². The largest absolute Gasteiger partial charge is 0.459 e. The molecule has 3 unspecified atom stereocenters. The van der Waals surface area contributed by atoms with Gasteiger partial charge in [0.15, 0.2) is 17.7 Å². The first-order valence-electron chi connectivity index (χ1n) is 31.6. The molecule has 0 aromatic carbocycles. The van der Waals surface area contributed by atoms with E-state index >= 15 is 0 Å². The lowest BCUT2D eigenvalue weighted by Crippen LogP contribution is -2.63. The van der Waals surface area contributed by atoms with E-state index in [-0.39, 0.29) is 128 Å². The second-order valence-electron chi connectivity index (χ2n) is 28.4. The molecule has 0 saturated carbocycles. The molecule has 4 N–H and O–H groups in total. The number of carbonyl (C=O) groups is 1. The third-order valence-electron chi connectivity index (χ3n) is 23.0. The fraction of sp³-hybridized carbons (Fsp3) is 0.918. The van der Waals surface area contributed by atoms with Gasteiger partial charge in [0.25, 0.3) is 0 Å². The zero-order valence-electron chi connectivity index (χ0n) is 47.7. The van der Waals surface area contributed by atoms with Crippen molar-refractivity contribution in [2.75, 3.05) is 13.2 Å². The normalized spacial score (nSPS) is 59.6. The molecule has 17 aliphatic heterocycles. The number of hydrogen-bond donors (Lipinski definition) is 4. The van der Waals surface area contributed by atoms with Crippen LogP contribution in [-0.4, -0.2) is 215 Å². The van der Waals surface area contributed by atoms with E-state index in [1.165, 1.54) is 0 Å². The molecule has 34 atom stereocenters. The van der Waals surface area contributed by atoms with E-state index < -0.39 is 102 Å². The van der Waals surface area contributed by atoms with Gasteiger partial charge >= 0.3 is 5.97 Å². The molecule has 21 heteroatoms. The molecule has 21 nitrogen and oxygen atoms in total. The number of fused-ring (bicyclic) bond motifs is 11. The van der Waals surface area contributed by atoms with Gasteiger partial charge in [-0.2, -0.15) is 0 Å². The molecule has 0 aliphatic carbocycles. The fourth-order valence-electron chi connectivity index (χ4n) is 19.0. The van der Waals surface area contributed by atoms with Gasteiger partial charge in [-0.15, -0.1) is 0 Å². The van der Waals surface area contributed by atoms with Crippen LogP contribution in [-0.2, 0) is 80.6 Å². The molecule has 17 aliphatic rings. The minimum atomic E-state index is -2.03. The van der Waals surface area contributed by atoms with Crippen molar-refractivity contribution in [3.63, 3.8) is 0 Å². The van der Waals surface area contributed by atoms with Crippen LogP contribution in [0.4, 0.5) is 0 Å². The second-order valence-corrected chi connectivity index (χ2v) is 28.4. The van der Waals surface area contributed by atoms with Crippen molar-refractivity contribution in [1.29, 1.82) is 0 Å². The summed E-state index contributed by atoms with van der Waals surface area (Å²) in [7, 11) is 0. The first-order valence-corrected chi connectivity index (χ1v) is 31.6. The Labute approximate surface area is 478 Å². The summed E-state index contributed by atoms with van der Waals surface area (Å²) in [6.07, 6.45) is -3.45. The maximum atomic E-state index is 14.6. The molecule has 0 aromatic rings. The highest BCUT2D eigenvalue weighted by Crippen LogP contribution is 2.60. The SMILES string of the molecule is C=C1C[C@@H]2CC[C@]34OC5C6O[C@H]7CC[C@H](CC(=O)O[C@@H]8[C@@H](C)[C@@H]9O[C@@H]%10C[C@]%11(C[C@@H]%12O[C@]%13(C[C@H](C)[C@@H]%14O[C@@H]%15[C@@H]([C@@H](O)CO)CO[C@@H]%15C[C@@H]%14O%13)C[C@H](C)[C@@H]%12O%11)O[C@@H]%10C[C@@H]9O[C@H]8C[C@H]8O[C@@H](CC[C@@H]1O2)C[C@@H](C)C8=C)O[C@@H]7[C@H](O3)C6O[C@@]5(O)[C@H]4O. The first kappa shape index (κ1) is 55.5. The summed E-state index contributed by atoms with van der Waals surface area (Å²) in [6.45, 7) is 17.7. The molecule has 17 heterocycles. The average Bonchev–Trinajstić information content (AvgIpc) is 4.37. The smallest absolute Gasteiger partial charge is 0.308 e. The summed E-state index contributed by atoms with van der Waals surface area (Å²) in [5, 5.41) is 44.1. The Morgan fingerprint density at radius 3 is 2.11 bits per heavy atom. The van der Waals surface area contributed by atoms with Crippen LogP contribution in [0.15, 0.2) is 24.3 Å². The zero-order chi connectivity index (χ0) is 56.1. The summed E-state index contributed by atoms with van der Waals surface area (Å²) in [4.78, 5) is 14.6. The molecule has 0 amide bonds. The van der Waals surface area contributed by atoms with E-state index in [0.717, 1.165) is 24.0 Å². The third-order valence-corrected chi connectivity index (χ3v) is 23.0. The van der Waals surface area contributed by atoms with Crippen molar-refractivity contribution in [2.24, 2.45) is 29.6 Å². The van der Waals surface area contributed by atoms with Gasteiger partial charge in [-0.1, -0.05) is 40.9 Å². The topological polar surface area (TPSA) is 246 Å². The average molecular weight is 1160 g/mol. The molecular formula is C61H86O21. The van der Waals surface area contributed by atoms with Gasteiger partial charge in [0, 0.05) is 63.2 Å². The van der Waals surface area contributed by atoms with Crippen molar-refractivity contribution in [1.82, 2.24) is 0 Å². The van der Waals surface area contributed by atoms with Crippen molar-refractivity contribution in [2.45, 2.75) is 306 Å². The van der Waals surface area contributed by atoms with Crippen LogP contribution in [0.25, 0.3) is 0 Å². The molecule has 0 aromatic heterocycles. The van der Waals surface area contributed by atoms with Gasteiger partial charge in [-0.25, -0.2) is 0 Å². The lowest BCUT2D eigenvalue weighted by molar-refractivity contribution is -0.370. The summed E-state index contributed by atoms with van der Waals surface area (Å²) in [6, 6.07) is 0. The Kier molecular flexibility index (Phi) is 13.6. The van der Waals surface area contributed by atoms with Gasteiger partial charge in [-0.05, 0) is 73.8 Å². The highest BCUT2D eigenvalue weighted by atomic mass is 16.8. The van der Waals surface area contributed by atoms with Crippen LogP contribution in [0.3, 0.4) is 0 Å². The van der Waals surface area contributed by atoms with Gasteiger partial charge < -0.3 is 96.2 Å². The Bertz CT molecular complexity index is 2500. The van der Waals surface area contributed by atoms with Crippen LogP contribution in [0.2, 0.25) is 0 Å². The quantitative estimate of drug-likeness (QED) is 0.228. The maximum Gasteiger partial charge on any atom is 0.308 e. The number of rotatable bonds is 2. The van der Waals surface area contributed by atoms with Crippen molar-refractivity contribution >= 4 is 5.97 Å². The van der Waals surface area contributed by atoms with E-state index in [9.17, 15) is 25.2 Å². The lowest BCUT2D eigenvalue weighted by atomic mass is 9.77. The van der Waals surface area contributed by atoms with Crippen LogP contribution in [0.5, 0.6) is 0 Å². The van der Waals surface area contributed by atoms with Crippen LogP contribution >= 0.6 is 0 Å². The Morgan fingerprint density at radius 1 is 0.561 bits per heavy atom. The zero-order valence-corrected chi connectivity index (χ0v) is 47.7. The molecular weight excluding hydrogens is 1070 g/mol. The number of esters is 1. The van der Waals surface area contributed by atoms with E-state index in [2.05, 4.69) is 40.9 Å². The molecule has 17 saturated heterocycles. The van der Waals surface area contributed by atoms with Gasteiger partial charge in [0.2, 0.25) is 11.6 Å². The first-order chi connectivity index (χ1) is 39.4. The minimum Gasteiger partial charge on any atom is -0.459 e. The summed E-state index contributed by atoms with van der Waals surface area (Å²) in [5.74, 6) is -6.00. The molecule has 12 bridgehead atoms. The number of carbonyl (C=O) groups excluding carboxylic acids is 1. The van der Waals surface area contributed by atoms with E-state index in [1.54, 1.807) is 0 Å². The minimum absolute atomic E-state index is 0.0316. The molecule has 17 fully saturated rings. The molecule has 17 rings (SSSR count). The number of hydrogen-bond acceptors (Lipinski definition) is 21. The van der Waals surface area contributed by atoms with Gasteiger partial charge in [0.05, 0.1) is 130 Å². The summed E-state index contributed by atoms with van der Waals surface area (Å²) < 4.78 is 109. The highest BCUT2D eigenvalue weighted by Gasteiger charge is 2.79. The van der Waals surface area contributed by atoms with Gasteiger partial charge in [0.1, 0.15) is 36.6 Å².